The van der Waals surface area contributed by atoms with Crippen LogP contribution in [0, 0.1) is 11.8 Å². The van der Waals surface area contributed by atoms with Crippen molar-refractivity contribution < 1.29 is 24.3 Å². The maximum atomic E-state index is 12.1. The molecule has 3 amide bonds. The third-order valence-corrected chi connectivity index (χ3v) is 3.47. The Morgan fingerprint density at radius 2 is 1.68 bits per heavy atom. The molecule has 126 valence electrons. The fourth-order valence-electron chi connectivity index (χ4n) is 2.21. The van der Waals surface area contributed by atoms with Crippen molar-refractivity contribution in [3.05, 3.63) is 0 Å². The first-order valence-corrected chi connectivity index (χ1v) is 7.36. The number of hydrogen-bond acceptors (Lipinski definition) is 4. The number of carboxylic acid groups (broad SMARTS) is 1. The smallest absolute Gasteiger partial charge is 0.304 e. The number of carbonyl (C=O) groups excluding carboxylic acids is 3. The van der Waals surface area contributed by atoms with Gasteiger partial charge in [-0.05, 0) is 5.92 Å². The Hall–Kier alpha value is -2.12. The van der Waals surface area contributed by atoms with Gasteiger partial charge in [0.25, 0.3) is 0 Å². The molecule has 1 atom stereocenters. The zero-order chi connectivity index (χ0) is 17.1. The molecule has 0 saturated heterocycles. The number of nitrogens with one attached hydrogen (secondary N) is 2. The molecule has 0 radical (unpaired) electrons. The van der Waals surface area contributed by atoms with Gasteiger partial charge < -0.3 is 21.5 Å². The fourth-order valence-corrected chi connectivity index (χ4v) is 2.21. The number of aliphatic carboxylic acids is 1. The highest BCUT2D eigenvalue weighted by atomic mass is 16.4. The Labute approximate surface area is 129 Å². The third-order valence-electron chi connectivity index (χ3n) is 3.47. The summed E-state index contributed by atoms with van der Waals surface area (Å²) in [5.74, 6) is -3.17. The van der Waals surface area contributed by atoms with E-state index < -0.39 is 29.6 Å². The molecule has 22 heavy (non-hydrogen) atoms. The predicted molar refractivity (Wildman–Crippen MR) is 79.6 cm³/mol. The van der Waals surface area contributed by atoms with Gasteiger partial charge in [-0.2, -0.15) is 0 Å². The van der Waals surface area contributed by atoms with Crippen molar-refractivity contribution in [2.45, 2.75) is 39.5 Å². The summed E-state index contributed by atoms with van der Waals surface area (Å²) in [5, 5.41) is 13.8. The zero-order valence-corrected chi connectivity index (χ0v) is 13.1. The summed E-state index contributed by atoms with van der Waals surface area (Å²) in [5.41, 5.74) is 4.94. The van der Waals surface area contributed by atoms with Gasteiger partial charge in [0.1, 0.15) is 0 Å². The lowest BCUT2D eigenvalue weighted by atomic mass is 9.85. The minimum atomic E-state index is -1.04. The van der Waals surface area contributed by atoms with Gasteiger partial charge >= 0.3 is 5.97 Å². The van der Waals surface area contributed by atoms with Gasteiger partial charge in [0.2, 0.25) is 17.7 Å². The minimum absolute atomic E-state index is 0.0229. The van der Waals surface area contributed by atoms with Crippen LogP contribution >= 0.6 is 0 Å². The molecule has 0 aliphatic carbocycles. The van der Waals surface area contributed by atoms with Crippen molar-refractivity contribution in [2.75, 3.05) is 13.1 Å². The van der Waals surface area contributed by atoms with Crippen molar-refractivity contribution >= 4 is 23.7 Å². The largest absolute Gasteiger partial charge is 0.481 e. The lowest BCUT2D eigenvalue weighted by Gasteiger charge is -2.22. The molecule has 0 aliphatic heterocycles. The third kappa shape index (κ3) is 8.23. The number of carbonyl (C=O) groups is 4. The topological polar surface area (TPSA) is 139 Å². The van der Waals surface area contributed by atoms with Gasteiger partial charge in [0.05, 0.1) is 18.9 Å². The van der Waals surface area contributed by atoms with Crippen LogP contribution in [0.4, 0.5) is 0 Å². The molecule has 0 bridgehead atoms. The van der Waals surface area contributed by atoms with Crippen LogP contribution < -0.4 is 16.4 Å². The average Bonchev–Trinajstić information content (AvgIpc) is 2.44. The molecule has 8 heteroatoms. The van der Waals surface area contributed by atoms with Crippen molar-refractivity contribution in [1.82, 2.24) is 10.6 Å². The molecule has 0 heterocycles. The van der Waals surface area contributed by atoms with E-state index in [4.69, 9.17) is 10.8 Å². The van der Waals surface area contributed by atoms with E-state index in [9.17, 15) is 19.2 Å². The van der Waals surface area contributed by atoms with Crippen molar-refractivity contribution in [3.63, 3.8) is 0 Å². The van der Waals surface area contributed by atoms with Crippen LogP contribution in [0.25, 0.3) is 0 Å². The summed E-state index contributed by atoms with van der Waals surface area (Å²) < 4.78 is 0. The molecule has 0 fully saturated rings. The number of primary amides is 1. The van der Waals surface area contributed by atoms with E-state index in [0.717, 1.165) is 0 Å². The monoisotopic (exact) mass is 315 g/mol. The molecule has 0 aromatic rings. The maximum absolute atomic E-state index is 12.1. The van der Waals surface area contributed by atoms with E-state index in [1.807, 2.05) is 13.8 Å². The number of hydrogen-bond donors (Lipinski definition) is 4. The molecule has 0 rings (SSSR count). The highest BCUT2D eigenvalue weighted by molar-refractivity contribution is 5.88. The second kappa shape index (κ2) is 10.6. The van der Waals surface area contributed by atoms with Gasteiger partial charge in [-0.15, -0.1) is 0 Å². The van der Waals surface area contributed by atoms with E-state index >= 15 is 0 Å². The molecule has 5 N–H and O–H groups in total. The molecule has 8 nitrogen and oxygen atoms in total. The quantitative estimate of drug-likeness (QED) is 0.412. The van der Waals surface area contributed by atoms with Crippen LogP contribution in [-0.2, 0) is 19.2 Å². The van der Waals surface area contributed by atoms with Gasteiger partial charge in [-0.1, -0.05) is 26.7 Å². The summed E-state index contributed by atoms with van der Waals surface area (Å²) in [4.78, 5) is 45.0. The van der Waals surface area contributed by atoms with Crippen LogP contribution in [-0.4, -0.2) is 41.9 Å². The molecule has 0 aromatic carbocycles. The molecule has 0 spiro atoms. The Kier molecular flexibility index (Phi) is 9.56. The fraction of sp³-hybridized carbons (Fsp3) is 0.714. The van der Waals surface area contributed by atoms with E-state index in [1.165, 1.54) is 0 Å². The number of amides is 3. The van der Waals surface area contributed by atoms with Crippen LogP contribution in [0.1, 0.15) is 39.5 Å². The summed E-state index contributed by atoms with van der Waals surface area (Å²) in [6.45, 7) is 3.64. The first-order valence-electron chi connectivity index (χ1n) is 7.36. The molecular weight excluding hydrogens is 290 g/mol. The highest BCUT2D eigenvalue weighted by Crippen LogP contribution is 2.23. The maximum Gasteiger partial charge on any atom is 0.304 e. The Bertz CT molecular complexity index is 407. The summed E-state index contributed by atoms with van der Waals surface area (Å²) in [7, 11) is 0. The Morgan fingerprint density at radius 1 is 1.09 bits per heavy atom. The summed E-state index contributed by atoms with van der Waals surface area (Å²) in [6, 6.07) is 0. The first-order chi connectivity index (χ1) is 10.3. The van der Waals surface area contributed by atoms with Gasteiger partial charge in [-0.3, -0.25) is 19.2 Å². The van der Waals surface area contributed by atoms with Crippen LogP contribution in [0.2, 0.25) is 0 Å². The van der Waals surface area contributed by atoms with Gasteiger partial charge in [-0.25, -0.2) is 0 Å². The van der Waals surface area contributed by atoms with E-state index in [1.54, 1.807) is 0 Å². The van der Waals surface area contributed by atoms with Crippen molar-refractivity contribution in [1.29, 1.82) is 0 Å². The summed E-state index contributed by atoms with van der Waals surface area (Å²) >= 11 is 0. The van der Waals surface area contributed by atoms with Crippen LogP contribution in [0.5, 0.6) is 0 Å². The second-order valence-electron chi connectivity index (χ2n) is 5.07. The number of carboxylic acids is 1. The first kappa shape index (κ1) is 19.9. The summed E-state index contributed by atoms with van der Waals surface area (Å²) in [6.07, 6.45) is 1.13. The van der Waals surface area contributed by atoms with Gasteiger partial charge in [0.15, 0.2) is 0 Å². The normalized spacial score (nSPS) is 11.8. The average molecular weight is 315 g/mol. The van der Waals surface area contributed by atoms with Crippen LogP contribution in [0.15, 0.2) is 0 Å². The highest BCUT2D eigenvalue weighted by Gasteiger charge is 2.28. The van der Waals surface area contributed by atoms with Crippen LogP contribution in [0.3, 0.4) is 0 Å². The number of rotatable bonds is 11. The lowest BCUT2D eigenvalue weighted by Crippen LogP contribution is -2.42. The van der Waals surface area contributed by atoms with E-state index in [-0.39, 0.29) is 31.8 Å². The van der Waals surface area contributed by atoms with E-state index in [0.29, 0.717) is 12.8 Å². The molecule has 0 aromatic heterocycles. The van der Waals surface area contributed by atoms with Gasteiger partial charge in [0, 0.05) is 13.0 Å². The van der Waals surface area contributed by atoms with Crippen molar-refractivity contribution in [2.24, 2.45) is 17.6 Å². The van der Waals surface area contributed by atoms with E-state index in [2.05, 4.69) is 10.6 Å². The standard InChI is InChI=1S/C14H25N3O5/c1-3-9(4-2)10(7-13(20)21)14(22)17-8-12(19)16-6-5-11(15)18/h9-10H,3-8H2,1-2H3,(H2,15,18)(H,16,19)(H,17,22)(H,20,21). The minimum Gasteiger partial charge on any atom is -0.481 e. The Morgan fingerprint density at radius 3 is 2.14 bits per heavy atom. The Balaban J connectivity index is 4.40. The van der Waals surface area contributed by atoms with Crippen molar-refractivity contribution in [3.8, 4) is 0 Å². The zero-order valence-electron chi connectivity index (χ0n) is 13.1. The molecule has 1 unspecified atom stereocenters. The molecular formula is C14H25N3O5. The predicted octanol–water partition coefficient (Wildman–Crippen LogP) is -0.379. The lowest BCUT2D eigenvalue weighted by molar-refractivity contribution is -0.142. The molecule has 0 saturated carbocycles. The molecule has 0 aliphatic rings. The SMILES string of the molecule is CCC(CC)C(CC(=O)O)C(=O)NCC(=O)NCCC(N)=O. The number of nitrogens with two attached hydrogens (primary N) is 1. The second-order valence-corrected chi connectivity index (χ2v) is 5.07.